The molecule has 0 radical (unpaired) electrons. The number of nitrogens with zero attached hydrogens (tertiary/aromatic N) is 1. The molecule has 5 nitrogen and oxygen atoms in total. The first-order valence-corrected chi connectivity index (χ1v) is 10.2. The molecule has 0 aromatic heterocycles. The van der Waals surface area contributed by atoms with Gasteiger partial charge in [-0.05, 0) is 57.9 Å². The molecule has 31 heavy (non-hydrogen) atoms. The number of aliphatic imine (C=N–C) groups is 1. The summed E-state index contributed by atoms with van der Waals surface area (Å²) < 4.78 is 31.0. The van der Waals surface area contributed by atoms with E-state index in [4.69, 9.17) is 14.2 Å². The quantitative estimate of drug-likeness (QED) is 0.343. The Balaban J connectivity index is 1.60. The molecule has 0 bridgehead atoms. The largest absolute Gasteiger partial charge is 0.493 e. The molecular formula is C24H17BrFNO4. The Morgan fingerprint density at radius 3 is 2.58 bits per heavy atom. The molecule has 0 N–H and O–H groups in total. The molecule has 0 saturated carbocycles. The van der Waals surface area contributed by atoms with Crippen molar-refractivity contribution in [2.75, 3.05) is 7.11 Å². The number of halogens is 2. The number of carbonyl (C=O) groups is 1. The minimum absolute atomic E-state index is 0.0408. The van der Waals surface area contributed by atoms with Crippen LogP contribution in [0.5, 0.6) is 11.5 Å². The number of cyclic esters (lactones) is 1. The first-order valence-electron chi connectivity index (χ1n) is 9.37. The highest BCUT2D eigenvalue weighted by Crippen LogP contribution is 2.38. The number of hydrogen-bond acceptors (Lipinski definition) is 5. The highest BCUT2D eigenvalue weighted by Gasteiger charge is 2.24. The molecule has 156 valence electrons. The van der Waals surface area contributed by atoms with Crippen LogP contribution in [0.15, 0.2) is 81.9 Å². The number of rotatable bonds is 6. The third-order valence-electron chi connectivity index (χ3n) is 4.53. The lowest BCUT2D eigenvalue weighted by Crippen LogP contribution is -2.05. The summed E-state index contributed by atoms with van der Waals surface area (Å²) in [6.07, 6.45) is 1.60. The van der Waals surface area contributed by atoms with Crippen LogP contribution in [0.2, 0.25) is 0 Å². The van der Waals surface area contributed by atoms with Crippen molar-refractivity contribution >= 4 is 33.9 Å². The Bertz CT molecular complexity index is 1190. The zero-order valence-electron chi connectivity index (χ0n) is 16.5. The van der Waals surface area contributed by atoms with E-state index in [9.17, 15) is 9.18 Å². The van der Waals surface area contributed by atoms with Crippen molar-refractivity contribution in [1.29, 1.82) is 0 Å². The molecule has 0 atom stereocenters. The number of hydrogen-bond donors (Lipinski definition) is 0. The Morgan fingerprint density at radius 2 is 1.84 bits per heavy atom. The van der Waals surface area contributed by atoms with Gasteiger partial charge in [-0.25, -0.2) is 14.2 Å². The van der Waals surface area contributed by atoms with Crippen molar-refractivity contribution in [3.8, 4) is 11.5 Å². The predicted octanol–water partition coefficient (Wildman–Crippen LogP) is 5.52. The topological polar surface area (TPSA) is 57.1 Å². The minimum atomic E-state index is -0.533. The van der Waals surface area contributed by atoms with Gasteiger partial charge < -0.3 is 14.2 Å². The van der Waals surface area contributed by atoms with Crippen LogP contribution >= 0.6 is 15.9 Å². The van der Waals surface area contributed by atoms with Crippen LogP contribution in [0, 0.1) is 5.82 Å². The lowest BCUT2D eigenvalue weighted by Gasteiger charge is -2.14. The van der Waals surface area contributed by atoms with Gasteiger partial charge in [0, 0.05) is 11.1 Å². The van der Waals surface area contributed by atoms with Crippen LogP contribution in [-0.2, 0) is 16.1 Å². The maximum atomic E-state index is 13.9. The molecule has 1 aliphatic heterocycles. The Morgan fingerprint density at radius 1 is 1.10 bits per heavy atom. The third kappa shape index (κ3) is 4.67. The Hall–Kier alpha value is -3.45. The van der Waals surface area contributed by atoms with Gasteiger partial charge in [-0.3, -0.25) is 0 Å². The summed E-state index contributed by atoms with van der Waals surface area (Å²) in [6, 6.07) is 19.1. The standard InChI is InChI=1S/C24H17BrFNO4/c1-29-21-13-15(11-18(25)22(21)30-14-17-9-5-6-10-19(17)26)12-20-24(28)31-23(27-20)16-7-3-2-4-8-16/h2-13H,14H2,1H3/b20-12-. The zero-order valence-corrected chi connectivity index (χ0v) is 18.1. The normalized spacial score (nSPS) is 14.4. The number of ether oxygens (including phenoxy) is 3. The first-order chi connectivity index (χ1) is 15.0. The van der Waals surface area contributed by atoms with Crippen molar-refractivity contribution in [1.82, 2.24) is 0 Å². The van der Waals surface area contributed by atoms with E-state index in [1.54, 1.807) is 36.4 Å². The predicted molar refractivity (Wildman–Crippen MR) is 118 cm³/mol. The van der Waals surface area contributed by atoms with Gasteiger partial charge in [0.15, 0.2) is 17.2 Å². The first kappa shape index (κ1) is 20.8. The number of carbonyl (C=O) groups excluding carboxylic acids is 1. The lowest BCUT2D eigenvalue weighted by molar-refractivity contribution is -0.129. The fourth-order valence-electron chi connectivity index (χ4n) is 3.00. The van der Waals surface area contributed by atoms with E-state index in [1.807, 2.05) is 30.3 Å². The van der Waals surface area contributed by atoms with E-state index in [-0.39, 0.29) is 24.0 Å². The molecule has 4 rings (SSSR count). The van der Waals surface area contributed by atoms with Crippen LogP contribution in [0.25, 0.3) is 6.08 Å². The van der Waals surface area contributed by atoms with Crippen LogP contribution in [0.1, 0.15) is 16.7 Å². The highest BCUT2D eigenvalue weighted by molar-refractivity contribution is 9.10. The van der Waals surface area contributed by atoms with E-state index in [1.165, 1.54) is 13.2 Å². The molecule has 0 spiro atoms. The number of esters is 1. The molecule has 0 amide bonds. The van der Waals surface area contributed by atoms with Gasteiger partial charge in [0.2, 0.25) is 5.90 Å². The lowest BCUT2D eigenvalue weighted by atomic mass is 10.1. The molecule has 3 aromatic rings. The van der Waals surface area contributed by atoms with Gasteiger partial charge in [-0.1, -0.05) is 36.4 Å². The zero-order chi connectivity index (χ0) is 21.8. The van der Waals surface area contributed by atoms with Crippen LogP contribution in [-0.4, -0.2) is 19.0 Å². The average Bonchev–Trinajstić information content (AvgIpc) is 3.14. The summed E-state index contributed by atoms with van der Waals surface area (Å²) in [5.41, 5.74) is 1.98. The Kier molecular flexibility index (Phi) is 6.13. The molecule has 7 heteroatoms. The van der Waals surface area contributed by atoms with Gasteiger partial charge >= 0.3 is 5.97 Å². The molecule has 0 unspecified atom stereocenters. The second-order valence-electron chi connectivity index (χ2n) is 6.62. The van der Waals surface area contributed by atoms with Crippen LogP contribution in [0.4, 0.5) is 4.39 Å². The van der Waals surface area contributed by atoms with E-state index < -0.39 is 5.97 Å². The molecule has 1 heterocycles. The van der Waals surface area contributed by atoms with Crippen LogP contribution < -0.4 is 9.47 Å². The number of benzene rings is 3. The molecule has 1 aliphatic rings. The summed E-state index contributed by atoms with van der Waals surface area (Å²) >= 11 is 3.46. The average molecular weight is 482 g/mol. The SMILES string of the molecule is COc1cc(/C=C2\N=C(c3ccccc3)OC2=O)cc(Br)c1OCc1ccccc1F. The van der Waals surface area contributed by atoms with Gasteiger partial charge in [0.25, 0.3) is 0 Å². The highest BCUT2D eigenvalue weighted by atomic mass is 79.9. The Labute approximate surface area is 186 Å². The van der Waals surface area contributed by atoms with Crippen molar-refractivity contribution in [2.45, 2.75) is 6.61 Å². The van der Waals surface area contributed by atoms with Crippen molar-refractivity contribution in [3.05, 3.63) is 99.4 Å². The van der Waals surface area contributed by atoms with E-state index >= 15 is 0 Å². The summed E-state index contributed by atoms with van der Waals surface area (Å²) in [5.74, 6) is 0.235. The van der Waals surface area contributed by atoms with Crippen molar-refractivity contribution in [2.24, 2.45) is 4.99 Å². The van der Waals surface area contributed by atoms with Gasteiger partial charge in [-0.15, -0.1) is 0 Å². The summed E-state index contributed by atoms with van der Waals surface area (Å²) in [5, 5.41) is 0. The van der Waals surface area contributed by atoms with Crippen LogP contribution in [0.3, 0.4) is 0 Å². The molecule has 0 fully saturated rings. The smallest absolute Gasteiger partial charge is 0.363 e. The second kappa shape index (κ2) is 9.14. The molecule has 3 aromatic carbocycles. The molecular weight excluding hydrogens is 465 g/mol. The van der Waals surface area contributed by atoms with Gasteiger partial charge in [-0.2, -0.15) is 0 Å². The second-order valence-corrected chi connectivity index (χ2v) is 7.47. The minimum Gasteiger partial charge on any atom is -0.493 e. The van der Waals surface area contributed by atoms with Gasteiger partial charge in [0.1, 0.15) is 12.4 Å². The summed E-state index contributed by atoms with van der Waals surface area (Å²) in [4.78, 5) is 16.6. The number of methoxy groups -OCH3 is 1. The van der Waals surface area contributed by atoms with E-state index in [0.717, 1.165) is 5.56 Å². The van der Waals surface area contributed by atoms with Crippen molar-refractivity contribution < 1.29 is 23.4 Å². The van der Waals surface area contributed by atoms with E-state index in [2.05, 4.69) is 20.9 Å². The van der Waals surface area contributed by atoms with E-state index in [0.29, 0.717) is 27.1 Å². The fourth-order valence-corrected chi connectivity index (χ4v) is 3.57. The maximum Gasteiger partial charge on any atom is 0.363 e. The molecule has 0 aliphatic carbocycles. The summed E-state index contributed by atoms with van der Waals surface area (Å²) in [6.45, 7) is 0.0408. The fraction of sp³-hybridized carbons (Fsp3) is 0.0833. The third-order valence-corrected chi connectivity index (χ3v) is 5.12. The van der Waals surface area contributed by atoms with Crippen molar-refractivity contribution in [3.63, 3.8) is 0 Å². The summed E-state index contributed by atoms with van der Waals surface area (Å²) in [7, 11) is 1.50. The maximum absolute atomic E-state index is 13.9. The monoisotopic (exact) mass is 481 g/mol. The van der Waals surface area contributed by atoms with Gasteiger partial charge in [0.05, 0.1) is 11.6 Å². The molecule has 0 saturated heterocycles.